The summed E-state index contributed by atoms with van der Waals surface area (Å²) in [5.74, 6) is -3.05. The van der Waals surface area contributed by atoms with Gasteiger partial charge in [0.15, 0.2) is 5.78 Å². The van der Waals surface area contributed by atoms with Crippen LogP contribution < -0.4 is 4.74 Å². The van der Waals surface area contributed by atoms with Crippen LogP contribution in [0.5, 0.6) is 5.75 Å². The molecule has 1 N–H and O–H groups in total. The Balaban J connectivity index is 1.99. The van der Waals surface area contributed by atoms with Crippen molar-refractivity contribution in [1.82, 2.24) is 4.98 Å². The van der Waals surface area contributed by atoms with Crippen LogP contribution in [-0.4, -0.2) is 27.4 Å². The standard InChI is InChI=1S/C15H11NO4/c17-12-9-15(19,14(18)11-6-3-4-8-16-11)20-13-7-2-1-5-10(12)13/h1-8,19H,9H2. The number of Topliss-reactive ketones (excluding diaryl/α,β-unsaturated/α-hetero) is 2. The number of carbonyl (C=O) groups excluding carboxylic acids is 2. The molecular weight excluding hydrogens is 258 g/mol. The highest BCUT2D eigenvalue weighted by Crippen LogP contribution is 2.33. The lowest BCUT2D eigenvalue weighted by Crippen LogP contribution is -2.49. The average molecular weight is 269 g/mol. The summed E-state index contributed by atoms with van der Waals surface area (Å²) >= 11 is 0. The summed E-state index contributed by atoms with van der Waals surface area (Å²) in [6.45, 7) is 0. The molecule has 0 saturated carbocycles. The molecular formula is C15H11NO4. The molecule has 100 valence electrons. The fraction of sp³-hybridized carbons (Fsp3) is 0.133. The SMILES string of the molecule is O=C1CC(O)(C(=O)c2ccccn2)Oc2ccccc21. The second-order valence-electron chi connectivity index (χ2n) is 4.53. The van der Waals surface area contributed by atoms with Gasteiger partial charge < -0.3 is 9.84 Å². The maximum Gasteiger partial charge on any atom is 0.281 e. The zero-order valence-corrected chi connectivity index (χ0v) is 10.4. The Bertz CT molecular complexity index is 683. The van der Waals surface area contributed by atoms with E-state index in [0.29, 0.717) is 5.56 Å². The van der Waals surface area contributed by atoms with Crippen molar-refractivity contribution < 1.29 is 19.4 Å². The topological polar surface area (TPSA) is 76.5 Å². The van der Waals surface area contributed by atoms with E-state index in [1.807, 2.05) is 0 Å². The maximum atomic E-state index is 12.3. The largest absolute Gasteiger partial charge is 0.453 e. The lowest BCUT2D eigenvalue weighted by Gasteiger charge is -2.31. The van der Waals surface area contributed by atoms with Crippen molar-refractivity contribution >= 4 is 11.6 Å². The number of rotatable bonds is 2. The zero-order chi connectivity index (χ0) is 14.2. The first kappa shape index (κ1) is 12.5. The van der Waals surface area contributed by atoms with Gasteiger partial charge in [-0.1, -0.05) is 18.2 Å². The average Bonchev–Trinajstić information content (AvgIpc) is 2.47. The minimum atomic E-state index is -2.19. The van der Waals surface area contributed by atoms with E-state index < -0.39 is 18.0 Å². The number of ketones is 2. The van der Waals surface area contributed by atoms with Crippen molar-refractivity contribution in [2.24, 2.45) is 0 Å². The fourth-order valence-electron chi connectivity index (χ4n) is 2.14. The summed E-state index contributed by atoms with van der Waals surface area (Å²) in [6.07, 6.45) is 1.02. The molecule has 2 heterocycles. The van der Waals surface area contributed by atoms with Crippen LogP contribution in [0.2, 0.25) is 0 Å². The van der Waals surface area contributed by atoms with Gasteiger partial charge in [0.25, 0.3) is 11.6 Å². The van der Waals surface area contributed by atoms with Crippen molar-refractivity contribution in [3.05, 3.63) is 59.9 Å². The van der Waals surface area contributed by atoms with Crippen LogP contribution in [0.1, 0.15) is 27.3 Å². The molecule has 0 aliphatic carbocycles. The molecule has 1 aromatic heterocycles. The van der Waals surface area contributed by atoms with Crippen LogP contribution in [0.15, 0.2) is 48.7 Å². The number of para-hydroxylation sites is 1. The van der Waals surface area contributed by atoms with Gasteiger partial charge in [0, 0.05) is 6.20 Å². The smallest absolute Gasteiger partial charge is 0.281 e. The third kappa shape index (κ3) is 1.98. The van der Waals surface area contributed by atoms with Gasteiger partial charge in [0.1, 0.15) is 11.4 Å². The number of hydrogen-bond donors (Lipinski definition) is 1. The minimum Gasteiger partial charge on any atom is -0.453 e. The van der Waals surface area contributed by atoms with Crippen molar-refractivity contribution in [2.75, 3.05) is 0 Å². The predicted octanol–water partition coefficient (Wildman–Crippen LogP) is 1.62. The Labute approximate surface area is 114 Å². The normalized spacial score (nSPS) is 20.9. The molecule has 5 nitrogen and oxygen atoms in total. The fourth-order valence-corrected chi connectivity index (χ4v) is 2.14. The van der Waals surface area contributed by atoms with Crippen LogP contribution >= 0.6 is 0 Å². The molecule has 1 atom stereocenters. The molecule has 2 aromatic rings. The maximum absolute atomic E-state index is 12.3. The molecule has 0 amide bonds. The van der Waals surface area contributed by atoms with Crippen LogP contribution in [0.4, 0.5) is 0 Å². The molecule has 0 bridgehead atoms. The number of pyridine rings is 1. The lowest BCUT2D eigenvalue weighted by atomic mass is 9.94. The molecule has 20 heavy (non-hydrogen) atoms. The van der Waals surface area contributed by atoms with Crippen LogP contribution in [-0.2, 0) is 0 Å². The third-order valence-corrected chi connectivity index (χ3v) is 3.12. The predicted molar refractivity (Wildman–Crippen MR) is 69.5 cm³/mol. The van der Waals surface area contributed by atoms with Gasteiger partial charge in [-0.25, -0.2) is 0 Å². The Kier molecular flexibility index (Phi) is 2.84. The van der Waals surface area contributed by atoms with E-state index in [1.165, 1.54) is 12.3 Å². The second-order valence-corrected chi connectivity index (χ2v) is 4.53. The van der Waals surface area contributed by atoms with E-state index in [-0.39, 0.29) is 17.2 Å². The van der Waals surface area contributed by atoms with Crippen molar-refractivity contribution in [2.45, 2.75) is 12.2 Å². The molecule has 1 aromatic carbocycles. The van der Waals surface area contributed by atoms with E-state index >= 15 is 0 Å². The molecule has 0 saturated heterocycles. The molecule has 1 aliphatic rings. The zero-order valence-electron chi connectivity index (χ0n) is 10.4. The van der Waals surface area contributed by atoms with Crippen LogP contribution in [0.25, 0.3) is 0 Å². The van der Waals surface area contributed by atoms with Crippen molar-refractivity contribution in [1.29, 1.82) is 0 Å². The summed E-state index contributed by atoms with van der Waals surface area (Å²) in [4.78, 5) is 28.2. The molecule has 1 aliphatic heterocycles. The highest BCUT2D eigenvalue weighted by atomic mass is 16.6. The number of carbonyl (C=O) groups is 2. The molecule has 0 fully saturated rings. The summed E-state index contributed by atoms with van der Waals surface area (Å²) in [5.41, 5.74) is 0.424. The van der Waals surface area contributed by atoms with E-state index in [9.17, 15) is 14.7 Å². The molecule has 1 unspecified atom stereocenters. The quantitative estimate of drug-likeness (QED) is 0.838. The monoisotopic (exact) mass is 269 g/mol. The first-order valence-corrected chi connectivity index (χ1v) is 6.10. The Morgan fingerprint density at radius 1 is 1.20 bits per heavy atom. The summed E-state index contributed by atoms with van der Waals surface area (Å²) < 4.78 is 5.35. The summed E-state index contributed by atoms with van der Waals surface area (Å²) in [6, 6.07) is 11.3. The number of ether oxygens (including phenoxy) is 1. The molecule has 0 spiro atoms. The van der Waals surface area contributed by atoms with Crippen LogP contribution in [0, 0.1) is 0 Å². The number of fused-ring (bicyclic) bond motifs is 1. The first-order valence-electron chi connectivity index (χ1n) is 6.10. The van der Waals surface area contributed by atoms with E-state index in [1.54, 1.807) is 36.4 Å². The number of aliphatic hydroxyl groups is 1. The van der Waals surface area contributed by atoms with Gasteiger partial charge in [-0.3, -0.25) is 14.6 Å². The van der Waals surface area contributed by atoms with Crippen molar-refractivity contribution in [3.8, 4) is 5.75 Å². The molecule has 5 heteroatoms. The van der Waals surface area contributed by atoms with Gasteiger partial charge in [-0.05, 0) is 24.3 Å². The van der Waals surface area contributed by atoms with Gasteiger partial charge in [0.2, 0.25) is 0 Å². The summed E-state index contributed by atoms with van der Waals surface area (Å²) in [5, 5.41) is 10.4. The molecule has 0 radical (unpaired) electrons. The molecule has 3 rings (SSSR count). The number of nitrogens with zero attached hydrogens (tertiary/aromatic N) is 1. The Hall–Kier alpha value is -2.53. The van der Waals surface area contributed by atoms with Crippen molar-refractivity contribution in [3.63, 3.8) is 0 Å². The second kappa shape index (κ2) is 4.54. The first-order chi connectivity index (χ1) is 9.60. The Morgan fingerprint density at radius 2 is 1.95 bits per heavy atom. The van der Waals surface area contributed by atoms with Crippen LogP contribution in [0.3, 0.4) is 0 Å². The van der Waals surface area contributed by atoms with E-state index in [2.05, 4.69) is 4.98 Å². The van der Waals surface area contributed by atoms with Gasteiger partial charge >= 0.3 is 0 Å². The number of aromatic nitrogens is 1. The highest BCUT2D eigenvalue weighted by Gasteiger charge is 2.46. The highest BCUT2D eigenvalue weighted by molar-refractivity contribution is 6.08. The van der Waals surface area contributed by atoms with E-state index in [0.717, 1.165) is 0 Å². The van der Waals surface area contributed by atoms with Gasteiger partial charge in [-0.15, -0.1) is 0 Å². The minimum absolute atomic E-state index is 0.0576. The third-order valence-electron chi connectivity index (χ3n) is 3.12. The van der Waals surface area contributed by atoms with E-state index in [4.69, 9.17) is 4.74 Å². The van der Waals surface area contributed by atoms with Gasteiger partial charge in [0.05, 0.1) is 12.0 Å². The number of benzene rings is 1. The van der Waals surface area contributed by atoms with Gasteiger partial charge in [-0.2, -0.15) is 0 Å². The lowest BCUT2D eigenvalue weighted by molar-refractivity contribution is -0.103. The Morgan fingerprint density at radius 3 is 2.70 bits per heavy atom. The number of hydrogen-bond acceptors (Lipinski definition) is 5. The summed E-state index contributed by atoms with van der Waals surface area (Å²) in [7, 11) is 0.